The van der Waals surface area contributed by atoms with E-state index in [0.717, 1.165) is 9.64 Å². The van der Waals surface area contributed by atoms with Gasteiger partial charge in [0, 0.05) is 9.26 Å². The normalized spacial score (nSPS) is 10.9. The molecule has 0 bridgehead atoms. The number of nitrogens with one attached hydrogen (secondary N) is 1. The predicted molar refractivity (Wildman–Crippen MR) is 102 cm³/mol. The van der Waals surface area contributed by atoms with E-state index in [1.165, 1.54) is 19.2 Å². The number of primary sulfonamides is 1. The van der Waals surface area contributed by atoms with Gasteiger partial charge in [0.15, 0.2) is 6.61 Å². The molecule has 8 nitrogen and oxygen atoms in total. The molecular formula is C16H15IN2O6S. The highest BCUT2D eigenvalue weighted by atomic mass is 127. The second-order valence-corrected chi connectivity index (χ2v) is 7.82. The van der Waals surface area contributed by atoms with Crippen molar-refractivity contribution in [2.24, 2.45) is 5.14 Å². The third-order valence-electron chi connectivity index (χ3n) is 3.17. The first-order valence-electron chi connectivity index (χ1n) is 7.14. The van der Waals surface area contributed by atoms with E-state index in [4.69, 9.17) is 14.6 Å². The van der Waals surface area contributed by atoms with Crippen LogP contribution in [0.3, 0.4) is 0 Å². The molecule has 1 amide bonds. The molecule has 0 saturated carbocycles. The van der Waals surface area contributed by atoms with Gasteiger partial charge in [0.2, 0.25) is 10.0 Å². The van der Waals surface area contributed by atoms with Crippen molar-refractivity contribution in [3.63, 3.8) is 0 Å². The van der Waals surface area contributed by atoms with E-state index in [1.807, 2.05) is 12.1 Å². The molecule has 0 aliphatic heterocycles. The molecule has 2 aromatic carbocycles. The molecule has 0 aromatic heterocycles. The van der Waals surface area contributed by atoms with Gasteiger partial charge in [0.1, 0.15) is 10.6 Å². The Morgan fingerprint density at radius 1 is 1.15 bits per heavy atom. The lowest BCUT2D eigenvalue weighted by Crippen LogP contribution is -2.21. The van der Waals surface area contributed by atoms with Crippen molar-refractivity contribution in [3.05, 3.63) is 51.6 Å². The second-order valence-electron chi connectivity index (χ2n) is 5.04. The third kappa shape index (κ3) is 5.41. The topological polar surface area (TPSA) is 125 Å². The molecule has 2 aromatic rings. The van der Waals surface area contributed by atoms with Crippen LogP contribution >= 0.6 is 22.6 Å². The van der Waals surface area contributed by atoms with Crippen LogP contribution in [0.1, 0.15) is 10.4 Å². The number of amides is 1. The summed E-state index contributed by atoms with van der Waals surface area (Å²) < 4.78 is 33.9. The quantitative estimate of drug-likeness (QED) is 0.470. The zero-order valence-electron chi connectivity index (χ0n) is 13.6. The van der Waals surface area contributed by atoms with Gasteiger partial charge in [0.05, 0.1) is 12.7 Å². The number of rotatable bonds is 6. The number of hydrogen-bond donors (Lipinski definition) is 2. The Balaban J connectivity index is 2.03. The number of anilines is 1. The van der Waals surface area contributed by atoms with Gasteiger partial charge >= 0.3 is 5.97 Å². The maximum atomic E-state index is 12.0. The Morgan fingerprint density at radius 2 is 1.81 bits per heavy atom. The van der Waals surface area contributed by atoms with E-state index in [2.05, 4.69) is 27.9 Å². The van der Waals surface area contributed by atoms with Crippen LogP contribution in [0.15, 0.2) is 47.4 Å². The Kier molecular flexibility index (Phi) is 6.56. The average Bonchev–Trinajstić information content (AvgIpc) is 2.60. The fourth-order valence-electron chi connectivity index (χ4n) is 1.97. The van der Waals surface area contributed by atoms with Crippen molar-refractivity contribution < 1.29 is 27.5 Å². The Bertz CT molecular complexity index is 928. The first kappa shape index (κ1) is 20.1. The summed E-state index contributed by atoms with van der Waals surface area (Å²) in [6.07, 6.45) is 0. The SMILES string of the molecule is COc1ccc(C(=O)OCC(=O)Nc2ccc(I)cc2)cc1S(N)(=O)=O. The number of ether oxygens (including phenoxy) is 2. The fourth-order valence-corrected chi connectivity index (χ4v) is 3.05. The van der Waals surface area contributed by atoms with Gasteiger partial charge in [-0.2, -0.15) is 0 Å². The van der Waals surface area contributed by atoms with Crippen LogP contribution in [0, 0.1) is 3.57 Å². The molecular weight excluding hydrogens is 475 g/mol. The molecule has 0 radical (unpaired) electrons. The van der Waals surface area contributed by atoms with Crippen molar-refractivity contribution in [2.45, 2.75) is 4.90 Å². The van der Waals surface area contributed by atoms with E-state index in [1.54, 1.807) is 12.1 Å². The number of benzene rings is 2. The number of carbonyl (C=O) groups excluding carboxylic acids is 2. The molecule has 0 saturated heterocycles. The van der Waals surface area contributed by atoms with Crippen molar-refractivity contribution in [2.75, 3.05) is 19.0 Å². The highest BCUT2D eigenvalue weighted by molar-refractivity contribution is 14.1. The van der Waals surface area contributed by atoms with Gasteiger partial charge < -0.3 is 14.8 Å². The summed E-state index contributed by atoms with van der Waals surface area (Å²) in [6.45, 7) is -0.526. The zero-order chi connectivity index (χ0) is 19.3. The zero-order valence-corrected chi connectivity index (χ0v) is 16.5. The van der Waals surface area contributed by atoms with Crippen LogP contribution in [0.4, 0.5) is 5.69 Å². The monoisotopic (exact) mass is 490 g/mol. The summed E-state index contributed by atoms with van der Waals surface area (Å²) in [4.78, 5) is 23.5. The van der Waals surface area contributed by atoms with Crippen molar-refractivity contribution >= 4 is 50.2 Å². The minimum Gasteiger partial charge on any atom is -0.495 e. The molecule has 0 heterocycles. The number of methoxy groups -OCH3 is 1. The van der Waals surface area contributed by atoms with Crippen molar-refractivity contribution in [3.8, 4) is 5.75 Å². The smallest absolute Gasteiger partial charge is 0.338 e. The lowest BCUT2D eigenvalue weighted by molar-refractivity contribution is -0.119. The highest BCUT2D eigenvalue weighted by Crippen LogP contribution is 2.24. The minimum absolute atomic E-state index is 0.000466. The Labute approximate surface area is 163 Å². The summed E-state index contributed by atoms with van der Waals surface area (Å²) in [7, 11) is -2.82. The summed E-state index contributed by atoms with van der Waals surface area (Å²) in [5.41, 5.74) is 0.490. The molecule has 0 aliphatic rings. The largest absolute Gasteiger partial charge is 0.495 e. The van der Waals surface area contributed by atoms with Crippen molar-refractivity contribution in [1.29, 1.82) is 0 Å². The van der Waals surface area contributed by atoms with Crippen LogP contribution in [-0.2, 0) is 19.6 Å². The molecule has 0 atom stereocenters. The lowest BCUT2D eigenvalue weighted by Gasteiger charge is -2.09. The predicted octanol–water partition coefficient (Wildman–Crippen LogP) is 1.74. The van der Waals surface area contributed by atoms with Crippen LogP contribution in [0.5, 0.6) is 5.75 Å². The molecule has 138 valence electrons. The first-order chi connectivity index (χ1) is 12.2. The van der Waals surface area contributed by atoms with E-state index >= 15 is 0 Å². The number of halogens is 1. The van der Waals surface area contributed by atoms with Gasteiger partial charge in [-0.15, -0.1) is 0 Å². The molecule has 0 spiro atoms. The van der Waals surface area contributed by atoms with Crippen LogP contribution in [0.2, 0.25) is 0 Å². The first-order valence-corrected chi connectivity index (χ1v) is 9.76. The molecule has 0 unspecified atom stereocenters. The van der Waals surface area contributed by atoms with Gasteiger partial charge in [-0.3, -0.25) is 4.79 Å². The van der Waals surface area contributed by atoms with Crippen molar-refractivity contribution in [1.82, 2.24) is 0 Å². The van der Waals surface area contributed by atoms with Crippen LogP contribution in [-0.4, -0.2) is 34.0 Å². The van der Waals surface area contributed by atoms with Crippen LogP contribution in [0.25, 0.3) is 0 Å². The van der Waals surface area contributed by atoms with E-state index in [9.17, 15) is 18.0 Å². The number of esters is 1. The number of carbonyl (C=O) groups is 2. The molecule has 0 aliphatic carbocycles. The number of sulfonamides is 1. The summed E-state index contributed by atoms with van der Waals surface area (Å²) in [5, 5.41) is 7.67. The lowest BCUT2D eigenvalue weighted by atomic mass is 10.2. The molecule has 0 fully saturated rings. The molecule has 2 rings (SSSR count). The standard InChI is InChI=1S/C16H15IN2O6S/c1-24-13-7-2-10(8-14(13)26(18,22)23)16(21)25-9-15(20)19-12-5-3-11(17)4-6-12/h2-8H,9H2,1H3,(H,19,20)(H2,18,22,23). The average molecular weight is 490 g/mol. The molecule has 26 heavy (non-hydrogen) atoms. The van der Waals surface area contributed by atoms with E-state index in [0.29, 0.717) is 5.69 Å². The van der Waals surface area contributed by atoms with Gasteiger partial charge in [-0.25, -0.2) is 18.4 Å². The van der Waals surface area contributed by atoms with Gasteiger partial charge in [0.25, 0.3) is 5.91 Å². The molecule has 3 N–H and O–H groups in total. The maximum Gasteiger partial charge on any atom is 0.338 e. The minimum atomic E-state index is -4.09. The summed E-state index contributed by atoms with van der Waals surface area (Å²) >= 11 is 2.13. The van der Waals surface area contributed by atoms with E-state index < -0.39 is 28.5 Å². The Morgan fingerprint density at radius 3 is 2.38 bits per heavy atom. The maximum absolute atomic E-state index is 12.0. The third-order valence-corrected chi connectivity index (χ3v) is 4.82. The second kappa shape index (κ2) is 8.47. The van der Waals surface area contributed by atoms with Gasteiger partial charge in [-0.05, 0) is 65.1 Å². The molecule has 10 heteroatoms. The summed E-state index contributed by atoms with van der Waals surface area (Å²) in [5.74, 6) is -1.39. The number of hydrogen-bond acceptors (Lipinski definition) is 6. The highest BCUT2D eigenvalue weighted by Gasteiger charge is 2.19. The fraction of sp³-hybridized carbons (Fsp3) is 0.125. The summed E-state index contributed by atoms with van der Waals surface area (Å²) in [6, 6.07) is 10.7. The van der Waals surface area contributed by atoms with E-state index in [-0.39, 0.29) is 16.2 Å². The Hall–Kier alpha value is -2.18. The van der Waals surface area contributed by atoms with Crippen LogP contribution < -0.4 is 15.2 Å². The van der Waals surface area contributed by atoms with Gasteiger partial charge in [-0.1, -0.05) is 0 Å². The number of nitrogens with two attached hydrogens (primary N) is 1.